The molecule has 3 aromatic rings. The van der Waals surface area contributed by atoms with Gasteiger partial charge >= 0.3 is 0 Å². The number of nitrogens with zero attached hydrogens (tertiary/aromatic N) is 2. The number of para-hydroxylation sites is 1. The Morgan fingerprint density at radius 3 is 2.58 bits per heavy atom. The van der Waals surface area contributed by atoms with Gasteiger partial charge in [0.1, 0.15) is 11.8 Å². The Morgan fingerprint density at radius 2 is 1.85 bits per heavy atom. The standard InChI is InChI=1S/C21H18N4O/c1-14-7-8-15(2)20(11-14)25-21(26)19-10-9-17(13-23-19)24-18-6-4-3-5-16(18)12-22/h3-11,13,24H,1-2H3,(H,25,26). The highest BCUT2D eigenvalue weighted by molar-refractivity contribution is 6.03. The predicted octanol–water partition coefficient (Wildman–Crippen LogP) is 4.57. The van der Waals surface area contributed by atoms with Crippen molar-refractivity contribution in [2.45, 2.75) is 13.8 Å². The Bertz CT molecular complexity index is 988. The topological polar surface area (TPSA) is 77.8 Å². The normalized spacial score (nSPS) is 10.0. The summed E-state index contributed by atoms with van der Waals surface area (Å²) in [5, 5.41) is 15.2. The average Bonchev–Trinajstić information content (AvgIpc) is 2.65. The van der Waals surface area contributed by atoms with Crippen molar-refractivity contribution in [2.75, 3.05) is 10.6 Å². The lowest BCUT2D eigenvalue weighted by Gasteiger charge is -2.10. The Hall–Kier alpha value is -3.65. The molecule has 0 spiro atoms. The first-order valence-electron chi connectivity index (χ1n) is 8.17. The minimum Gasteiger partial charge on any atom is -0.353 e. The molecule has 0 aliphatic carbocycles. The van der Waals surface area contributed by atoms with Gasteiger partial charge in [-0.05, 0) is 55.3 Å². The Morgan fingerprint density at radius 1 is 1.04 bits per heavy atom. The van der Waals surface area contributed by atoms with E-state index in [2.05, 4.69) is 21.7 Å². The van der Waals surface area contributed by atoms with Crippen LogP contribution in [0.1, 0.15) is 27.2 Å². The van der Waals surface area contributed by atoms with Crippen LogP contribution in [-0.4, -0.2) is 10.9 Å². The first-order valence-corrected chi connectivity index (χ1v) is 8.17. The summed E-state index contributed by atoms with van der Waals surface area (Å²) in [6, 6.07) is 18.7. The number of pyridine rings is 1. The van der Waals surface area contributed by atoms with E-state index < -0.39 is 0 Å². The number of hydrogen-bond acceptors (Lipinski definition) is 4. The van der Waals surface area contributed by atoms with Crippen LogP contribution in [0.3, 0.4) is 0 Å². The molecule has 1 heterocycles. The number of rotatable bonds is 4. The maximum atomic E-state index is 12.4. The van der Waals surface area contributed by atoms with E-state index in [1.807, 2.05) is 50.2 Å². The minimum atomic E-state index is -0.261. The molecule has 2 aromatic carbocycles. The van der Waals surface area contributed by atoms with Gasteiger partial charge in [-0.3, -0.25) is 4.79 Å². The number of anilines is 3. The van der Waals surface area contributed by atoms with Crippen LogP contribution in [0.4, 0.5) is 17.1 Å². The monoisotopic (exact) mass is 342 g/mol. The van der Waals surface area contributed by atoms with E-state index in [1.165, 1.54) is 0 Å². The van der Waals surface area contributed by atoms with Crippen LogP contribution < -0.4 is 10.6 Å². The van der Waals surface area contributed by atoms with Crippen LogP contribution in [-0.2, 0) is 0 Å². The number of aryl methyl sites for hydroxylation is 2. The molecule has 5 nitrogen and oxygen atoms in total. The van der Waals surface area contributed by atoms with Gasteiger partial charge in [-0.25, -0.2) is 4.98 Å². The molecule has 0 unspecified atom stereocenters. The Kier molecular flexibility index (Phi) is 4.95. The summed E-state index contributed by atoms with van der Waals surface area (Å²) in [5.41, 5.74) is 5.13. The van der Waals surface area contributed by atoms with Crippen molar-refractivity contribution in [3.05, 3.63) is 83.2 Å². The number of amides is 1. The van der Waals surface area contributed by atoms with Crippen LogP contribution in [0.25, 0.3) is 0 Å². The molecular weight excluding hydrogens is 324 g/mol. The zero-order valence-electron chi connectivity index (χ0n) is 14.6. The van der Waals surface area contributed by atoms with Crippen molar-refractivity contribution < 1.29 is 4.79 Å². The molecule has 128 valence electrons. The van der Waals surface area contributed by atoms with Gasteiger partial charge in [-0.2, -0.15) is 5.26 Å². The molecule has 0 saturated carbocycles. The van der Waals surface area contributed by atoms with E-state index >= 15 is 0 Å². The minimum absolute atomic E-state index is 0.261. The van der Waals surface area contributed by atoms with Gasteiger partial charge in [-0.15, -0.1) is 0 Å². The van der Waals surface area contributed by atoms with E-state index in [4.69, 9.17) is 5.26 Å². The smallest absolute Gasteiger partial charge is 0.274 e. The van der Waals surface area contributed by atoms with E-state index in [0.29, 0.717) is 22.6 Å². The Labute approximate surface area is 152 Å². The molecule has 0 aliphatic heterocycles. The second-order valence-corrected chi connectivity index (χ2v) is 5.99. The average molecular weight is 342 g/mol. The van der Waals surface area contributed by atoms with Gasteiger partial charge in [0.2, 0.25) is 0 Å². The number of carbonyl (C=O) groups excluding carboxylic acids is 1. The van der Waals surface area contributed by atoms with Crippen molar-refractivity contribution in [2.24, 2.45) is 0 Å². The summed E-state index contributed by atoms with van der Waals surface area (Å²) in [6.45, 7) is 3.93. The van der Waals surface area contributed by atoms with Gasteiger partial charge in [0.15, 0.2) is 0 Å². The van der Waals surface area contributed by atoms with Gasteiger partial charge in [0.25, 0.3) is 5.91 Å². The summed E-state index contributed by atoms with van der Waals surface area (Å²) in [6.07, 6.45) is 1.58. The second-order valence-electron chi connectivity index (χ2n) is 5.99. The van der Waals surface area contributed by atoms with Crippen LogP contribution in [0.15, 0.2) is 60.8 Å². The highest BCUT2D eigenvalue weighted by Crippen LogP contribution is 2.20. The largest absolute Gasteiger partial charge is 0.353 e. The van der Waals surface area contributed by atoms with Crippen molar-refractivity contribution in [1.29, 1.82) is 5.26 Å². The first-order chi connectivity index (χ1) is 12.6. The second kappa shape index (κ2) is 7.49. The zero-order chi connectivity index (χ0) is 18.5. The molecule has 0 bridgehead atoms. The number of nitriles is 1. The fourth-order valence-corrected chi connectivity index (χ4v) is 2.50. The highest BCUT2D eigenvalue weighted by Gasteiger charge is 2.10. The lowest BCUT2D eigenvalue weighted by Crippen LogP contribution is -2.14. The van der Waals surface area contributed by atoms with E-state index in [0.717, 1.165) is 16.8 Å². The van der Waals surface area contributed by atoms with Crippen molar-refractivity contribution >= 4 is 23.0 Å². The fraction of sp³-hybridized carbons (Fsp3) is 0.0952. The summed E-state index contributed by atoms with van der Waals surface area (Å²) >= 11 is 0. The zero-order valence-corrected chi connectivity index (χ0v) is 14.6. The maximum Gasteiger partial charge on any atom is 0.274 e. The lowest BCUT2D eigenvalue weighted by molar-refractivity contribution is 0.102. The SMILES string of the molecule is Cc1ccc(C)c(NC(=O)c2ccc(Nc3ccccc3C#N)cn2)c1. The van der Waals surface area contributed by atoms with Crippen molar-refractivity contribution in [3.8, 4) is 6.07 Å². The summed E-state index contributed by atoms with van der Waals surface area (Å²) in [7, 11) is 0. The quantitative estimate of drug-likeness (QED) is 0.728. The molecule has 26 heavy (non-hydrogen) atoms. The van der Waals surface area contributed by atoms with Gasteiger partial charge < -0.3 is 10.6 Å². The number of benzene rings is 2. The summed E-state index contributed by atoms with van der Waals surface area (Å²) in [4.78, 5) is 16.6. The van der Waals surface area contributed by atoms with Gasteiger partial charge in [-0.1, -0.05) is 24.3 Å². The highest BCUT2D eigenvalue weighted by atomic mass is 16.1. The third-order valence-electron chi connectivity index (χ3n) is 3.96. The number of hydrogen-bond donors (Lipinski definition) is 2. The number of nitrogens with one attached hydrogen (secondary N) is 2. The molecule has 1 amide bonds. The molecule has 1 aromatic heterocycles. The van der Waals surface area contributed by atoms with Crippen LogP contribution in [0.5, 0.6) is 0 Å². The molecule has 0 atom stereocenters. The van der Waals surface area contributed by atoms with E-state index in [1.54, 1.807) is 24.4 Å². The maximum absolute atomic E-state index is 12.4. The van der Waals surface area contributed by atoms with Crippen molar-refractivity contribution in [1.82, 2.24) is 4.98 Å². The predicted molar refractivity (Wildman–Crippen MR) is 103 cm³/mol. The van der Waals surface area contributed by atoms with E-state index in [-0.39, 0.29) is 5.91 Å². The third-order valence-corrected chi connectivity index (χ3v) is 3.96. The molecule has 3 rings (SSSR count). The fourth-order valence-electron chi connectivity index (χ4n) is 2.50. The molecule has 2 N–H and O–H groups in total. The van der Waals surface area contributed by atoms with Crippen LogP contribution in [0.2, 0.25) is 0 Å². The van der Waals surface area contributed by atoms with Gasteiger partial charge in [0.05, 0.1) is 23.1 Å². The Balaban J connectivity index is 1.74. The van der Waals surface area contributed by atoms with Crippen molar-refractivity contribution in [3.63, 3.8) is 0 Å². The molecular formula is C21H18N4O. The number of carbonyl (C=O) groups is 1. The molecule has 0 radical (unpaired) electrons. The molecule has 5 heteroatoms. The van der Waals surface area contributed by atoms with E-state index in [9.17, 15) is 4.79 Å². The third kappa shape index (κ3) is 3.87. The van der Waals surface area contributed by atoms with Gasteiger partial charge in [0, 0.05) is 5.69 Å². The molecule has 0 saturated heterocycles. The van der Waals surface area contributed by atoms with Crippen LogP contribution >= 0.6 is 0 Å². The summed E-state index contributed by atoms with van der Waals surface area (Å²) in [5.74, 6) is -0.261. The van der Waals surface area contributed by atoms with Crippen LogP contribution in [0, 0.1) is 25.2 Å². The first kappa shape index (κ1) is 17.2. The summed E-state index contributed by atoms with van der Waals surface area (Å²) < 4.78 is 0. The number of aromatic nitrogens is 1. The lowest BCUT2D eigenvalue weighted by atomic mass is 10.1. The molecule has 0 fully saturated rings. The molecule has 0 aliphatic rings.